The first-order valence-electron chi connectivity index (χ1n) is 14.1. The maximum Gasteiger partial charge on any atom is 0.269 e. The molecule has 0 heterocycles. The van der Waals surface area contributed by atoms with Crippen molar-refractivity contribution in [1.82, 2.24) is 0 Å². The van der Waals surface area contributed by atoms with Crippen molar-refractivity contribution in [1.29, 1.82) is 0 Å². The maximum absolute atomic E-state index is 10.9. The molecule has 222 valence electrons. The topological polar surface area (TPSA) is 105 Å². The molecule has 8 nitrogen and oxygen atoms in total. The van der Waals surface area contributed by atoms with Gasteiger partial charge < -0.3 is 9.47 Å². The summed E-state index contributed by atoms with van der Waals surface area (Å²) in [4.78, 5) is 20.9. The zero-order valence-electron chi connectivity index (χ0n) is 24.9. The van der Waals surface area contributed by atoms with Crippen LogP contribution in [0.2, 0.25) is 0 Å². The van der Waals surface area contributed by atoms with Gasteiger partial charge in [0.15, 0.2) is 0 Å². The van der Waals surface area contributed by atoms with E-state index in [0.717, 1.165) is 11.1 Å². The molecule has 0 aromatic heterocycles. The third-order valence-corrected chi connectivity index (χ3v) is 8.05. The third kappa shape index (κ3) is 6.44. The van der Waals surface area contributed by atoms with E-state index in [2.05, 4.69) is 52.0 Å². The molecule has 0 aliphatic rings. The van der Waals surface area contributed by atoms with E-state index in [0.29, 0.717) is 23.0 Å². The van der Waals surface area contributed by atoms with Gasteiger partial charge in [-0.3, -0.25) is 20.2 Å². The zero-order valence-corrected chi connectivity index (χ0v) is 24.9. The molecule has 0 aliphatic carbocycles. The van der Waals surface area contributed by atoms with Crippen molar-refractivity contribution in [2.75, 3.05) is 0 Å². The quantitative estimate of drug-likeness (QED) is 0.119. The Hall–Kier alpha value is -5.50. The summed E-state index contributed by atoms with van der Waals surface area (Å²) >= 11 is 0. The Labute approximate surface area is 255 Å². The Bertz CT molecular complexity index is 1630. The van der Waals surface area contributed by atoms with Gasteiger partial charge in [0.2, 0.25) is 0 Å². The van der Waals surface area contributed by atoms with Gasteiger partial charge in [-0.2, -0.15) is 0 Å². The Kier molecular flexibility index (Phi) is 8.18. The lowest BCUT2D eigenvalue weighted by Gasteiger charge is -2.29. The smallest absolute Gasteiger partial charge is 0.269 e. The molecule has 0 atom stereocenters. The van der Waals surface area contributed by atoms with Crippen molar-refractivity contribution in [2.45, 2.75) is 38.5 Å². The molecule has 5 aromatic rings. The molecule has 0 bridgehead atoms. The first-order valence-corrected chi connectivity index (χ1v) is 14.1. The molecule has 0 N–H and O–H groups in total. The molecule has 0 unspecified atom stereocenters. The first-order chi connectivity index (χ1) is 20.9. The summed E-state index contributed by atoms with van der Waals surface area (Å²) in [7, 11) is 0. The van der Waals surface area contributed by atoms with Gasteiger partial charge in [-0.25, -0.2) is 0 Å². The van der Waals surface area contributed by atoms with Crippen LogP contribution < -0.4 is 9.47 Å². The average Bonchev–Trinajstić information content (AvgIpc) is 3.02. The molecule has 0 radical (unpaired) electrons. The number of hydrogen-bond acceptors (Lipinski definition) is 6. The van der Waals surface area contributed by atoms with Gasteiger partial charge >= 0.3 is 0 Å². The van der Waals surface area contributed by atoms with Gasteiger partial charge in [-0.05, 0) is 70.8 Å². The number of nitro groups is 2. The Morgan fingerprint density at radius 2 is 0.614 bits per heavy atom. The van der Waals surface area contributed by atoms with E-state index in [4.69, 9.17) is 9.47 Å². The number of nitrogens with zero attached hydrogens (tertiary/aromatic N) is 2. The molecule has 0 saturated heterocycles. The third-order valence-electron chi connectivity index (χ3n) is 8.05. The fourth-order valence-corrected chi connectivity index (χ4v) is 5.06. The molecular weight excluding hydrogens is 556 g/mol. The summed E-state index contributed by atoms with van der Waals surface area (Å²) in [6, 6.07) is 36.5. The number of hydrogen-bond donors (Lipinski definition) is 0. The fourth-order valence-electron chi connectivity index (χ4n) is 5.06. The van der Waals surface area contributed by atoms with Crippen LogP contribution in [0, 0.1) is 20.2 Å². The van der Waals surface area contributed by atoms with Crippen molar-refractivity contribution >= 4 is 11.4 Å². The van der Waals surface area contributed by atoms with Crippen molar-refractivity contribution < 1.29 is 19.3 Å². The van der Waals surface area contributed by atoms with Crippen LogP contribution in [0.4, 0.5) is 11.4 Å². The molecule has 5 rings (SSSR count). The van der Waals surface area contributed by atoms with Crippen molar-refractivity contribution in [2.24, 2.45) is 0 Å². The highest BCUT2D eigenvalue weighted by Gasteiger charge is 2.27. The molecule has 5 aromatic carbocycles. The van der Waals surface area contributed by atoms with Gasteiger partial charge in [-0.15, -0.1) is 0 Å². The number of non-ortho nitro benzene ring substituents is 2. The van der Waals surface area contributed by atoms with Crippen molar-refractivity contribution in [3.8, 4) is 23.0 Å². The lowest BCUT2D eigenvalue weighted by atomic mass is 9.74. The average molecular weight is 589 g/mol. The number of rotatable bonds is 10. The van der Waals surface area contributed by atoms with Crippen LogP contribution in [0.25, 0.3) is 0 Å². The van der Waals surface area contributed by atoms with Crippen LogP contribution in [0.5, 0.6) is 23.0 Å². The highest BCUT2D eigenvalue weighted by Crippen LogP contribution is 2.37. The lowest BCUT2D eigenvalue weighted by Crippen LogP contribution is -2.21. The number of nitro benzene ring substituents is 2. The van der Waals surface area contributed by atoms with Crippen LogP contribution in [0.1, 0.15) is 49.9 Å². The minimum Gasteiger partial charge on any atom is -0.457 e. The van der Waals surface area contributed by atoms with Crippen molar-refractivity contribution in [3.63, 3.8) is 0 Å². The second-order valence-corrected chi connectivity index (χ2v) is 11.6. The minimum absolute atomic E-state index is 0.0215. The summed E-state index contributed by atoms with van der Waals surface area (Å²) in [5, 5.41) is 21.8. The highest BCUT2D eigenvalue weighted by molar-refractivity contribution is 5.46. The standard InChI is InChI=1S/C36H32N2O6/c1-35(2,27-9-17-31(18-10-27)43-33-21-13-29(14-22-33)37(39)40)25-5-7-26(8-6-25)36(3,4)28-11-19-32(20-12-28)44-34-23-15-30(16-24-34)38(41)42/h5-24H,1-4H3. The monoisotopic (exact) mass is 588 g/mol. The van der Waals surface area contributed by atoms with E-state index in [-0.39, 0.29) is 22.2 Å². The molecule has 0 fully saturated rings. The Balaban J connectivity index is 1.26. The maximum atomic E-state index is 10.9. The molecule has 0 amide bonds. The van der Waals surface area contributed by atoms with Gasteiger partial charge in [-0.1, -0.05) is 76.2 Å². The van der Waals surface area contributed by atoms with Crippen LogP contribution in [0.3, 0.4) is 0 Å². The van der Waals surface area contributed by atoms with Gasteiger partial charge in [0, 0.05) is 35.1 Å². The largest absolute Gasteiger partial charge is 0.457 e. The lowest BCUT2D eigenvalue weighted by molar-refractivity contribution is -0.385. The van der Waals surface area contributed by atoms with Crippen molar-refractivity contribution in [3.05, 3.63) is 164 Å². The molecule has 0 aliphatic heterocycles. The normalized spacial score (nSPS) is 11.5. The van der Waals surface area contributed by atoms with Crippen LogP contribution in [-0.2, 0) is 10.8 Å². The van der Waals surface area contributed by atoms with E-state index in [1.165, 1.54) is 35.4 Å². The number of ether oxygens (including phenoxy) is 2. The van der Waals surface area contributed by atoms with E-state index in [1.807, 2.05) is 48.5 Å². The predicted octanol–water partition coefficient (Wildman–Crippen LogP) is 9.74. The Morgan fingerprint density at radius 3 is 0.841 bits per heavy atom. The zero-order chi connectivity index (χ0) is 31.5. The summed E-state index contributed by atoms with van der Waals surface area (Å²) < 4.78 is 11.8. The van der Waals surface area contributed by atoms with Crippen LogP contribution in [-0.4, -0.2) is 9.85 Å². The SMILES string of the molecule is CC(C)(c1ccc(Oc2ccc([N+](=O)[O-])cc2)cc1)c1ccc(C(C)(C)c2ccc(Oc3ccc([N+](=O)[O-])cc3)cc2)cc1. The van der Waals surface area contributed by atoms with Gasteiger partial charge in [0.25, 0.3) is 11.4 Å². The summed E-state index contributed by atoms with van der Waals surface area (Å²) in [6.45, 7) is 8.73. The molecule has 44 heavy (non-hydrogen) atoms. The second-order valence-electron chi connectivity index (χ2n) is 11.6. The summed E-state index contributed by atoms with van der Waals surface area (Å²) in [5.41, 5.74) is 4.13. The molecule has 8 heteroatoms. The fraction of sp³-hybridized carbons (Fsp3) is 0.167. The van der Waals surface area contributed by atoms with E-state index >= 15 is 0 Å². The molecule has 0 spiro atoms. The van der Waals surface area contributed by atoms with Gasteiger partial charge in [0.1, 0.15) is 23.0 Å². The van der Waals surface area contributed by atoms with E-state index in [9.17, 15) is 20.2 Å². The first kappa shape index (κ1) is 30.0. The van der Waals surface area contributed by atoms with E-state index in [1.54, 1.807) is 24.3 Å². The second kappa shape index (κ2) is 12.0. The highest BCUT2D eigenvalue weighted by atomic mass is 16.6. The minimum atomic E-state index is -0.436. The summed E-state index contributed by atoms with van der Waals surface area (Å²) in [5.74, 6) is 2.37. The van der Waals surface area contributed by atoms with Crippen LogP contribution >= 0.6 is 0 Å². The molecular formula is C36H32N2O6. The number of benzene rings is 5. The Morgan fingerprint density at radius 1 is 0.409 bits per heavy atom. The van der Waals surface area contributed by atoms with Crippen LogP contribution in [0.15, 0.2) is 121 Å². The predicted molar refractivity (Wildman–Crippen MR) is 170 cm³/mol. The van der Waals surface area contributed by atoms with E-state index < -0.39 is 9.85 Å². The molecule has 0 saturated carbocycles. The van der Waals surface area contributed by atoms with Gasteiger partial charge in [0.05, 0.1) is 9.85 Å². The summed E-state index contributed by atoms with van der Waals surface area (Å²) in [6.07, 6.45) is 0.